The first-order valence-electron chi connectivity index (χ1n) is 4.62. The highest BCUT2D eigenvalue weighted by Gasteiger charge is 2.11. The largest absolute Gasteiger partial charge is 0.445 e. The van der Waals surface area contributed by atoms with Crippen molar-refractivity contribution in [3.05, 3.63) is 17.9 Å². The first kappa shape index (κ1) is 8.59. The Morgan fingerprint density at radius 2 is 2.15 bits per heavy atom. The van der Waals surface area contributed by atoms with E-state index in [1.165, 1.54) is 0 Å². The van der Waals surface area contributed by atoms with Crippen LogP contribution < -0.4 is 11.1 Å². The molecule has 1 aliphatic heterocycles. The quantitative estimate of drug-likeness (QED) is 0.687. The maximum absolute atomic E-state index is 5.49. The summed E-state index contributed by atoms with van der Waals surface area (Å²) in [4.78, 5) is 2.36. The summed E-state index contributed by atoms with van der Waals surface area (Å²) < 4.78 is 5.30. The first-order valence-corrected chi connectivity index (χ1v) is 4.62. The van der Waals surface area contributed by atoms with Crippen LogP contribution in [0.4, 0.5) is 5.88 Å². The van der Waals surface area contributed by atoms with Crippen LogP contribution in [0.2, 0.25) is 0 Å². The minimum absolute atomic E-state index is 0.505. The van der Waals surface area contributed by atoms with Crippen LogP contribution in [0.15, 0.2) is 16.5 Å². The van der Waals surface area contributed by atoms with Crippen LogP contribution in [0.1, 0.15) is 5.76 Å². The molecule has 0 bridgehead atoms. The van der Waals surface area contributed by atoms with Gasteiger partial charge in [0, 0.05) is 32.2 Å². The molecule has 4 heteroatoms. The molecule has 4 nitrogen and oxygen atoms in total. The lowest BCUT2D eigenvalue weighted by Crippen LogP contribution is -2.42. The average molecular weight is 181 g/mol. The summed E-state index contributed by atoms with van der Waals surface area (Å²) in [5.41, 5.74) is 5.49. The van der Waals surface area contributed by atoms with Gasteiger partial charge in [-0.05, 0) is 6.07 Å². The number of anilines is 1. The summed E-state index contributed by atoms with van der Waals surface area (Å²) in [5, 5.41) is 3.31. The van der Waals surface area contributed by atoms with Crippen molar-refractivity contribution in [2.24, 2.45) is 0 Å². The van der Waals surface area contributed by atoms with Crippen LogP contribution in [0, 0.1) is 0 Å². The molecule has 0 atom stereocenters. The zero-order valence-corrected chi connectivity index (χ0v) is 7.62. The SMILES string of the molecule is Nc1ccc(CN2CCNCC2)o1. The third-order valence-corrected chi connectivity index (χ3v) is 2.27. The highest BCUT2D eigenvalue weighted by Crippen LogP contribution is 2.11. The number of furan rings is 1. The molecule has 0 amide bonds. The molecule has 0 saturated carbocycles. The number of hydrogen-bond donors (Lipinski definition) is 2. The Morgan fingerprint density at radius 3 is 2.77 bits per heavy atom. The molecule has 0 aliphatic carbocycles. The van der Waals surface area contributed by atoms with Gasteiger partial charge >= 0.3 is 0 Å². The van der Waals surface area contributed by atoms with Crippen molar-refractivity contribution in [3.63, 3.8) is 0 Å². The topological polar surface area (TPSA) is 54.4 Å². The molecular weight excluding hydrogens is 166 g/mol. The number of nitrogen functional groups attached to an aromatic ring is 1. The van der Waals surface area contributed by atoms with Crippen LogP contribution in [0.25, 0.3) is 0 Å². The Labute approximate surface area is 77.7 Å². The lowest BCUT2D eigenvalue weighted by molar-refractivity contribution is 0.217. The third-order valence-electron chi connectivity index (χ3n) is 2.27. The lowest BCUT2D eigenvalue weighted by atomic mass is 10.3. The van der Waals surface area contributed by atoms with E-state index in [0.29, 0.717) is 5.88 Å². The molecule has 1 aromatic rings. The van der Waals surface area contributed by atoms with E-state index in [0.717, 1.165) is 38.5 Å². The summed E-state index contributed by atoms with van der Waals surface area (Å²) in [6.07, 6.45) is 0. The molecule has 13 heavy (non-hydrogen) atoms. The van der Waals surface area contributed by atoms with Gasteiger partial charge in [-0.15, -0.1) is 0 Å². The van der Waals surface area contributed by atoms with E-state index in [-0.39, 0.29) is 0 Å². The molecule has 2 rings (SSSR count). The van der Waals surface area contributed by atoms with Gasteiger partial charge in [0.25, 0.3) is 0 Å². The van der Waals surface area contributed by atoms with Crippen molar-refractivity contribution < 1.29 is 4.42 Å². The zero-order chi connectivity index (χ0) is 9.10. The lowest BCUT2D eigenvalue weighted by Gasteiger charge is -2.25. The number of nitrogens with one attached hydrogen (secondary N) is 1. The standard InChI is InChI=1S/C9H15N3O/c10-9-2-1-8(13-9)7-12-5-3-11-4-6-12/h1-2,11H,3-7,10H2. The Hall–Kier alpha value is -1.00. The second-order valence-electron chi connectivity index (χ2n) is 3.33. The summed E-state index contributed by atoms with van der Waals surface area (Å²) in [7, 11) is 0. The van der Waals surface area contributed by atoms with Gasteiger partial charge in [0.05, 0.1) is 6.54 Å². The molecule has 2 heterocycles. The van der Waals surface area contributed by atoms with Crippen molar-refractivity contribution in [3.8, 4) is 0 Å². The molecule has 1 aliphatic rings. The summed E-state index contributed by atoms with van der Waals surface area (Å²) in [6, 6.07) is 3.74. The van der Waals surface area contributed by atoms with Crippen molar-refractivity contribution >= 4 is 5.88 Å². The van der Waals surface area contributed by atoms with E-state index >= 15 is 0 Å². The highest BCUT2D eigenvalue weighted by atomic mass is 16.4. The molecule has 0 spiro atoms. The molecule has 1 fully saturated rings. The number of piperazine rings is 1. The predicted molar refractivity (Wildman–Crippen MR) is 51.3 cm³/mol. The van der Waals surface area contributed by atoms with Crippen LogP contribution >= 0.6 is 0 Å². The minimum Gasteiger partial charge on any atom is -0.445 e. The van der Waals surface area contributed by atoms with Crippen molar-refractivity contribution in [2.45, 2.75) is 6.54 Å². The van der Waals surface area contributed by atoms with Crippen molar-refractivity contribution in [1.82, 2.24) is 10.2 Å². The Bertz CT molecular complexity index is 266. The fraction of sp³-hybridized carbons (Fsp3) is 0.556. The van der Waals surface area contributed by atoms with Crippen LogP contribution in [-0.2, 0) is 6.54 Å². The molecule has 3 N–H and O–H groups in total. The minimum atomic E-state index is 0.505. The van der Waals surface area contributed by atoms with Crippen LogP contribution in [0.3, 0.4) is 0 Å². The smallest absolute Gasteiger partial charge is 0.190 e. The van der Waals surface area contributed by atoms with E-state index in [4.69, 9.17) is 10.2 Å². The van der Waals surface area contributed by atoms with Gasteiger partial charge in [-0.3, -0.25) is 4.90 Å². The summed E-state index contributed by atoms with van der Waals surface area (Å²) in [5.74, 6) is 1.46. The van der Waals surface area contributed by atoms with Gasteiger partial charge in [0.15, 0.2) is 5.88 Å². The molecular formula is C9H15N3O. The second kappa shape index (κ2) is 3.81. The Balaban J connectivity index is 1.89. The van der Waals surface area contributed by atoms with Gasteiger partial charge < -0.3 is 15.5 Å². The van der Waals surface area contributed by atoms with Crippen LogP contribution in [0.5, 0.6) is 0 Å². The molecule has 0 aromatic carbocycles. The molecule has 1 aromatic heterocycles. The van der Waals surface area contributed by atoms with E-state index in [2.05, 4.69) is 10.2 Å². The molecule has 1 saturated heterocycles. The number of hydrogen-bond acceptors (Lipinski definition) is 4. The first-order chi connectivity index (χ1) is 6.34. The predicted octanol–water partition coefficient (Wildman–Crippen LogP) is 0.267. The molecule has 0 unspecified atom stereocenters. The highest BCUT2D eigenvalue weighted by molar-refractivity contribution is 5.25. The average Bonchev–Trinajstić information content (AvgIpc) is 2.53. The van der Waals surface area contributed by atoms with Gasteiger partial charge in [-0.25, -0.2) is 0 Å². The Kier molecular flexibility index (Phi) is 2.52. The van der Waals surface area contributed by atoms with Crippen molar-refractivity contribution in [1.29, 1.82) is 0 Å². The normalized spacial score (nSPS) is 19.1. The monoisotopic (exact) mass is 181 g/mol. The fourth-order valence-electron chi connectivity index (χ4n) is 1.57. The van der Waals surface area contributed by atoms with E-state index < -0.39 is 0 Å². The summed E-state index contributed by atoms with van der Waals surface area (Å²) in [6.45, 7) is 5.17. The van der Waals surface area contributed by atoms with Crippen LogP contribution in [-0.4, -0.2) is 31.1 Å². The number of nitrogens with zero attached hydrogens (tertiary/aromatic N) is 1. The third kappa shape index (κ3) is 2.23. The van der Waals surface area contributed by atoms with Gasteiger partial charge in [0.2, 0.25) is 0 Å². The van der Waals surface area contributed by atoms with E-state index in [9.17, 15) is 0 Å². The van der Waals surface area contributed by atoms with Gasteiger partial charge in [-0.2, -0.15) is 0 Å². The summed E-state index contributed by atoms with van der Waals surface area (Å²) >= 11 is 0. The number of nitrogens with two attached hydrogens (primary N) is 1. The zero-order valence-electron chi connectivity index (χ0n) is 7.62. The van der Waals surface area contributed by atoms with Crippen molar-refractivity contribution in [2.75, 3.05) is 31.9 Å². The second-order valence-corrected chi connectivity index (χ2v) is 3.33. The number of rotatable bonds is 2. The molecule has 0 radical (unpaired) electrons. The molecule has 72 valence electrons. The van der Waals surface area contributed by atoms with Gasteiger partial charge in [-0.1, -0.05) is 0 Å². The Morgan fingerprint density at radius 1 is 1.38 bits per heavy atom. The van der Waals surface area contributed by atoms with E-state index in [1.807, 2.05) is 6.07 Å². The van der Waals surface area contributed by atoms with Gasteiger partial charge in [0.1, 0.15) is 5.76 Å². The maximum Gasteiger partial charge on any atom is 0.190 e. The maximum atomic E-state index is 5.49. The van der Waals surface area contributed by atoms with E-state index in [1.54, 1.807) is 6.07 Å². The fourth-order valence-corrected chi connectivity index (χ4v) is 1.57.